The van der Waals surface area contributed by atoms with Crippen molar-refractivity contribution in [3.63, 3.8) is 0 Å². The number of hydrogen-bond acceptors (Lipinski definition) is 5. The molecular weight excluding hydrogens is 447 g/mol. The molecule has 1 aromatic carbocycles. The van der Waals surface area contributed by atoms with Crippen LogP contribution in [-0.4, -0.2) is 52.7 Å². The van der Waals surface area contributed by atoms with E-state index in [1.165, 1.54) is 18.2 Å². The maximum Gasteiger partial charge on any atom is 0.573 e. The van der Waals surface area contributed by atoms with Crippen molar-refractivity contribution < 1.29 is 27.8 Å². The zero-order chi connectivity index (χ0) is 25.0. The summed E-state index contributed by atoms with van der Waals surface area (Å²) in [5.74, 6) is -0.534. The van der Waals surface area contributed by atoms with E-state index in [4.69, 9.17) is 5.41 Å². The summed E-state index contributed by atoms with van der Waals surface area (Å²) in [5, 5.41) is 17.8. The lowest BCUT2D eigenvalue weighted by Gasteiger charge is -2.34. The fourth-order valence-electron chi connectivity index (χ4n) is 4.49. The number of piperidine rings is 1. The number of ether oxygens (including phenoxy) is 1. The highest BCUT2D eigenvalue weighted by Gasteiger charge is 2.32. The van der Waals surface area contributed by atoms with Gasteiger partial charge in [-0.2, -0.15) is 0 Å². The minimum Gasteiger partial charge on any atom is -0.406 e. The second-order valence-electron chi connectivity index (χ2n) is 8.67. The van der Waals surface area contributed by atoms with Crippen LogP contribution in [0.25, 0.3) is 11.3 Å². The zero-order valence-corrected chi connectivity index (χ0v) is 19.6. The molecular formula is C25H30F3N3O3. The van der Waals surface area contributed by atoms with Gasteiger partial charge in [-0.25, -0.2) is 0 Å². The van der Waals surface area contributed by atoms with Gasteiger partial charge in [0, 0.05) is 36.2 Å². The summed E-state index contributed by atoms with van der Waals surface area (Å²) in [7, 11) is 0. The minimum atomic E-state index is -4.78. The van der Waals surface area contributed by atoms with Crippen molar-refractivity contribution in [1.82, 2.24) is 9.88 Å². The first-order chi connectivity index (χ1) is 16.0. The fourth-order valence-corrected chi connectivity index (χ4v) is 4.49. The van der Waals surface area contributed by atoms with Crippen LogP contribution < -0.4 is 4.74 Å². The molecule has 3 rings (SSSR count). The Kier molecular flexibility index (Phi) is 7.97. The van der Waals surface area contributed by atoms with E-state index in [1.54, 1.807) is 30.9 Å². The molecule has 0 radical (unpaired) electrons. The number of aryl methyl sites for hydroxylation is 2. The van der Waals surface area contributed by atoms with Crippen LogP contribution in [0.2, 0.25) is 0 Å². The van der Waals surface area contributed by atoms with E-state index < -0.39 is 6.36 Å². The molecule has 0 bridgehead atoms. The van der Waals surface area contributed by atoms with Crippen molar-refractivity contribution in [2.45, 2.75) is 46.4 Å². The van der Waals surface area contributed by atoms with Gasteiger partial charge in [0.2, 0.25) is 0 Å². The first kappa shape index (κ1) is 25.7. The molecule has 1 aliphatic rings. The van der Waals surface area contributed by atoms with Crippen LogP contribution in [0.4, 0.5) is 13.2 Å². The van der Waals surface area contributed by atoms with E-state index >= 15 is 0 Å². The fraction of sp³-hybridized carbons (Fsp3) is 0.480. The van der Waals surface area contributed by atoms with E-state index in [0.29, 0.717) is 59.7 Å². The molecule has 0 aliphatic carbocycles. The number of pyridine rings is 1. The maximum absolute atomic E-state index is 13.3. The van der Waals surface area contributed by atoms with Crippen LogP contribution in [-0.2, 0) is 0 Å². The van der Waals surface area contributed by atoms with Crippen molar-refractivity contribution in [3.8, 4) is 17.0 Å². The molecule has 1 fully saturated rings. The van der Waals surface area contributed by atoms with Crippen LogP contribution in [0, 0.1) is 31.1 Å². The van der Waals surface area contributed by atoms with Gasteiger partial charge >= 0.3 is 6.36 Å². The molecule has 2 heterocycles. The molecule has 1 aliphatic heterocycles. The number of benzene rings is 1. The predicted octanol–water partition coefficient (Wildman–Crippen LogP) is 5.15. The number of carbonyl (C=O) groups excluding carboxylic acids is 1. The van der Waals surface area contributed by atoms with Crippen molar-refractivity contribution in [2.75, 3.05) is 19.7 Å². The standard InChI is InChI=1S/C25H30F3N3O3/c1-4-17(14-32)23(29)18-8-10-31(11-9-18)24(33)22-15(2)12-21(30-16(22)3)19-6-5-7-20(13-19)34-25(26,27)28/h5-7,12-13,17-18,29,32H,4,8-11,14H2,1-3H3/t17-/m1/s1. The number of amides is 1. The second-order valence-corrected chi connectivity index (χ2v) is 8.67. The van der Waals surface area contributed by atoms with Gasteiger partial charge in [0.05, 0.1) is 23.6 Å². The van der Waals surface area contributed by atoms with Crippen molar-refractivity contribution in [3.05, 3.63) is 47.2 Å². The summed E-state index contributed by atoms with van der Waals surface area (Å²) in [6, 6.07) is 7.29. The van der Waals surface area contributed by atoms with Gasteiger partial charge in [0.25, 0.3) is 5.91 Å². The van der Waals surface area contributed by atoms with Gasteiger partial charge in [-0.05, 0) is 56.9 Å². The van der Waals surface area contributed by atoms with Crippen molar-refractivity contribution >= 4 is 11.6 Å². The van der Waals surface area contributed by atoms with Crippen molar-refractivity contribution in [1.29, 1.82) is 5.41 Å². The summed E-state index contributed by atoms with van der Waals surface area (Å²) in [6.45, 7) is 6.47. The quantitative estimate of drug-likeness (QED) is 0.540. The number of halogens is 3. The monoisotopic (exact) mass is 477 g/mol. The first-order valence-corrected chi connectivity index (χ1v) is 11.4. The molecule has 9 heteroatoms. The Labute approximate surface area is 197 Å². The van der Waals surface area contributed by atoms with Gasteiger partial charge in [0.1, 0.15) is 5.75 Å². The Balaban J connectivity index is 1.75. The number of nitrogens with zero attached hydrogens (tertiary/aromatic N) is 2. The molecule has 0 spiro atoms. The Morgan fingerprint density at radius 1 is 1.26 bits per heavy atom. The molecule has 1 saturated heterocycles. The smallest absolute Gasteiger partial charge is 0.406 e. The number of nitrogens with one attached hydrogen (secondary N) is 1. The average molecular weight is 478 g/mol. The molecule has 2 N–H and O–H groups in total. The first-order valence-electron chi connectivity index (χ1n) is 11.4. The van der Waals surface area contributed by atoms with Crippen molar-refractivity contribution in [2.24, 2.45) is 11.8 Å². The Morgan fingerprint density at radius 3 is 2.50 bits per heavy atom. The Hall–Kier alpha value is -2.94. The lowest BCUT2D eigenvalue weighted by molar-refractivity contribution is -0.274. The summed E-state index contributed by atoms with van der Waals surface area (Å²) in [5.41, 5.74) is 3.16. The number of likely N-dealkylation sites (tertiary alicyclic amines) is 1. The number of aliphatic hydroxyl groups excluding tert-OH is 1. The van der Waals surface area contributed by atoms with Crippen LogP contribution in [0.5, 0.6) is 5.75 Å². The van der Waals surface area contributed by atoms with Gasteiger partial charge in [0.15, 0.2) is 0 Å². The molecule has 6 nitrogen and oxygen atoms in total. The number of rotatable bonds is 7. The number of aromatic nitrogens is 1. The Bertz CT molecular complexity index is 1020. The molecule has 184 valence electrons. The molecule has 1 atom stereocenters. The molecule has 1 aromatic heterocycles. The van der Waals surface area contributed by atoms with Crippen LogP contribution in [0.15, 0.2) is 30.3 Å². The van der Waals surface area contributed by atoms with Gasteiger partial charge < -0.3 is 20.2 Å². The maximum atomic E-state index is 13.3. The third kappa shape index (κ3) is 5.94. The number of aliphatic hydroxyl groups is 1. The van der Waals surface area contributed by atoms with Gasteiger partial charge in [-0.3, -0.25) is 9.78 Å². The van der Waals surface area contributed by atoms with Crippen LogP contribution in [0.3, 0.4) is 0 Å². The zero-order valence-electron chi connectivity index (χ0n) is 19.6. The summed E-state index contributed by atoms with van der Waals surface area (Å²) in [4.78, 5) is 19.5. The van der Waals surface area contributed by atoms with Gasteiger partial charge in [-0.15, -0.1) is 13.2 Å². The van der Waals surface area contributed by atoms with Crippen LogP contribution >= 0.6 is 0 Å². The third-order valence-electron chi connectivity index (χ3n) is 6.35. The van der Waals surface area contributed by atoms with E-state index in [0.717, 1.165) is 6.42 Å². The topological polar surface area (TPSA) is 86.5 Å². The summed E-state index contributed by atoms with van der Waals surface area (Å²) in [6.07, 6.45) is -2.71. The number of carbonyl (C=O) groups is 1. The molecule has 34 heavy (non-hydrogen) atoms. The van der Waals surface area contributed by atoms with E-state index in [2.05, 4.69) is 9.72 Å². The molecule has 0 unspecified atom stereocenters. The highest BCUT2D eigenvalue weighted by molar-refractivity contribution is 5.97. The van der Waals surface area contributed by atoms with Crippen LogP contribution in [0.1, 0.15) is 47.8 Å². The van der Waals surface area contributed by atoms with Gasteiger partial charge in [-0.1, -0.05) is 19.1 Å². The Morgan fingerprint density at radius 2 is 1.94 bits per heavy atom. The average Bonchev–Trinajstić information content (AvgIpc) is 2.78. The molecule has 0 saturated carbocycles. The predicted molar refractivity (Wildman–Crippen MR) is 123 cm³/mol. The summed E-state index contributed by atoms with van der Waals surface area (Å²) >= 11 is 0. The molecule has 2 aromatic rings. The number of alkyl halides is 3. The van der Waals surface area contributed by atoms with E-state index in [-0.39, 0.29) is 30.1 Å². The normalized spacial score (nSPS) is 15.8. The van der Waals surface area contributed by atoms with E-state index in [1.807, 2.05) is 6.92 Å². The SMILES string of the molecule is CC[C@H](CO)C(=N)C1CCN(C(=O)c2c(C)cc(-c3cccc(OC(F)(F)F)c3)nc2C)CC1. The second kappa shape index (κ2) is 10.5. The van der Waals surface area contributed by atoms with E-state index in [9.17, 15) is 23.1 Å². The third-order valence-corrected chi connectivity index (χ3v) is 6.35. The summed E-state index contributed by atoms with van der Waals surface area (Å²) < 4.78 is 41.7. The highest BCUT2D eigenvalue weighted by Crippen LogP contribution is 2.30. The number of hydrogen-bond donors (Lipinski definition) is 2. The minimum absolute atomic E-state index is 0.0316. The molecule has 1 amide bonds. The lowest BCUT2D eigenvalue weighted by atomic mass is 9.84. The highest BCUT2D eigenvalue weighted by atomic mass is 19.4. The lowest BCUT2D eigenvalue weighted by Crippen LogP contribution is -2.42. The largest absolute Gasteiger partial charge is 0.573 e.